The summed E-state index contributed by atoms with van der Waals surface area (Å²) in [5.41, 5.74) is 2.93. The van der Waals surface area contributed by atoms with Gasteiger partial charge in [-0.05, 0) is 36.8 Å². The summed E-state index contributed by atoms with van der Waals surface area (Å²) in [5.74, 6) is 0.608. The molecule has 0 radical (unpaired) electrons. The minimum Gasteiger partial charge on any atom is -0.412 e. The zero-order valence-electron chi connectivity index (χ0n) is 11.2. The second kappa shape index (κ2) is 5.33. The van der Waals surface area contributed by atoms with Crippen LogP contribution in [0.5, 0.6) is 0 Å². The van der Waals surface area contributed by atoms with Crippen LogP contribution in [0.1, 0.15) is 11.4 Å². The molecule has 0 saturated heterocycles. The van der Waals surface area contributed by atoms with E-state index in [4.69, 9.17) is 4.84 Å². The SMILES string of the molecule is Cc1nc2ccccc2n1OCCc1ccc(F)cc1. The average molecular weight is 270 g/mol. The summed E-state index contributed by atoms with van der Waals surface area (Å²) in [4.78, 5) is 10.2. The molecule has 3 aromatic rings. The molecule has 0 aliphatic carbocycles. The maximum absolute atomic E-state index is 12.8. The third kappa shape index (κ3) is 2.50. The van der Waals surface area contributed by atoms with Gasteiger partial charge in [-0.2, -0.15) is 4.73 Å². The third-order valence-electron chi connectivity index (χ3n) is 3.20. The lowest BCUT2D eigenvalue weighted by Crippen LogP contribution is -2.15. The van der Waals surface area contributed by atoms with Crippen LogP contribution in [0.15, 0.2) is 48.5 Å². The van der Waals surface area contributed by atoms with Crippen molar-refractivity contribution in [2.75, 3.05) is 6.61 Å². The lowest BCUT2D eigenvalue weighted by atomic mass is 10.2. The first kappa shape index (κ1) is 12.7. The smallest absolute Gasteiger partial charge is 0.143 e. The van der Waals surface area contributed by atoms with Gasteiger partial charge in [0.25, 0.3) is 0 Å². The predicted molar refractivity (Wildman–Crippen MR) is 76.0 cm³/mol. The number of benzene rings is 2. The fourth-order valence-corrected chi connectivity index (χ4v) is 2.19. The van der Waals surface area contributed by atoms with E-state index in [0.717, 1.165) is 28.8 Å². The first-order chi connectivity index (χ1) is 9.74. The standard InChI is InChI=1S/C16H15FN2O/c1-12-18-15-4-2-3-5-16(15)19(12)20-11-10-13-6-8-14(17)9-7-13/h2-9H,10-11H2,1H3. The number of halogens is 1. The quantitative estimate of drug-likeness (QED) is 0.728. The van der Waals surface area contributed by atoms with Crippen molar-refractivity contribution in [3.63, 3.8) is 0 Å². The monoisotopic (exact) mass is 270 g/mol. The molecule has 3 rings (SSSR count). The molecule has 1 heterocycles. The summed E-state index contributed by atoms with van der Waals surface area (Å²) in [6, 6.07) is 14.3. The van der Waals surface area contributed by atoms with Crippen LogP contribution in [0.3, 0.4) is 0 Å². The van der Waals surface area contributed by atoms with Crippen molar-refractivity contribution in [2.24, 2.45) is 0 Å². The van der Waals surface area contributed by atoms with Gasteiger partial charge in [-0.1, -0.05) is 24.3 Å². The van der Waals surface area contributed by atoms with E-state index >= 15 is 0 Å². The van der Waals surface area contributed by atoms with Crippen LogP contribution < -0.4 is 4.84 Å². The Bertz CT molecular complexity index is 719. The minimum atomic E-state index is -0.217. The van der Waals surface area contributed by atoms with Crippen molar-refractivity contribution >= 4 is 11.0 Å². The predicted octanol–water partition coefficient (Wildman–Crippen LogP) is 3.16. The number of hydrogen-bond donors (Lipinski definition) is 0. The topological polar surface area (TPSA) is 27.1 Å². The van der Waals surface area contributed by atoms with E-state index in [0.29, 0.717) is 6.61 Å². The summed E-state index contributed by atoms with van der Waals surface area (Å²) in [6.07, 6.45) is 0.728. The normalized spacial score (nSPS) is 10.9. The number of aryl methyl sites for hydroxylation is 1. The van der Waals surface area contributed by atoms with Gasteiger partial charge < -0.3 is 4.84 Å². The Balaban J connectivity index is 1.71. The molecule has 0 bridgehead atoms. The zero-order valence-corrected chi connectivity index (χ0v) is 11.2. The summed E-state index contributed by atoms with van der Waals surface area (Å²) in [5, 5.41) is 0. The van der Waals surface area contributed by atoms with Gasteiger partial charge in [0, 0.05) is 6.42 Å². The molecule has 0 saturated carbocycles. The number of rotatable bonds is 4. The van der Waals surface area contributed by atoms with E-state index in [1.165, 1.54) is 12.1 Å². The first-order valence-electron chi connectivity index (χ1n) is 6.56. The number of fused-ring (bicyclic) bond motifs is 1. The van der Waals surface area contributed by atoms with Crippen LogP contribution in [0.4, 0.5) is 4.39 Å². The molecule has 0 aliphatic heterocycles. The highest BCUT2D eigenvalue weighted by Gasteiger charge is 2.07. The van der Waals surface area contributed by atoms with E-state index < -0.39 is 0 Å². The summed E-state index contributed by atoms with van der Waals surface area (Å²) < 4.78 is 14.6. The number of aromatic nitrogens is 2. The summed E-state index contributed by atoms with van der Waals surface area (Å²) >= 11 is 0. The van der Waals surface area contributed by atoms with Crippen LogP contribution in [-0.2, 0) is 6.42 Å². The van der Waals surface area contributed by atoms with Gasteiger partial charge in [0.05, 0.1) is 5.52 Å². The van der Waals surface area contributed by atoms with Crippen LogP contribution in [0, 0.1) is 12.7 Å². The fraction of sp³-hybridized carbons (Fsp3) is 0.188. The molecule has 2 aromatic carbocycles. The van der Waals surface area contributed by atoms with E-state index in [1.807, 2.05) is 31.2 Å². The lowest BCUT2D eigenvalue weighted by Gasteiger charge is -2.09. The largest absolute Gasteiger partial charge is 0.412 e. The van der Waals surface area contributed by atoms with Crippen molar-refractivity contribution in [1.82, 2.24) is 9.71 Å². The molecule has 0 spiro atoms. The molecule has 20 heavy (non-hydrogen) atoms. The Kier molecular flexibility index (Phi) is 3.37. The van der Waals surface area contributed by atoms with Gasteiger partial charge in [0.2, 0.25) is 0 Å². The molecule has 0 amide bonds. The fourth-order valence-electron chi connectivity index (χ4n) is 2.19. The maximum Gasteiger partial charge on any atom is 0.143 e. The Morgan fingerprint density at radius 2 is 1.85 bits per heavy atom. The average Bonchev–Trinajstić information content (AvgIpc) is 2.77. The van der Waals surface area contributed by atoms with Gasteiger partial charge in [0.1, 0.15) is 23.8 Å². The van der Waals surface area contributed by atoms with Gasteiger partial charge in [-0.15, -0.1) is 0 Å². The van der Waals surface area contributed by atoms with Gasteiger partial charge in [-0.3, -0.25) is 0 Å². The Morgan fingerprint density at radius 3 is 2.65 bits per heavy atom. The second-order valence-electron chi connectivity index (χ2n) is 4.65. The van der Waals surface area contributed by atoms with E-state index in [2.05, 4.69) is 4.98 Å². The van der Waals surface area contributed by atoms with Crippen LogP contribution in [0.25, 0.3) is 11.0 Å². The van der Waals surface area contributed by atoms with Crippen LogP contribution >= 0.6 is 0 Å². The van der Waals surface area contributed by atoms with E-state index in [-0.39, 0.29) is 5.82 Å². The number of para-hydroxylation sites is 2. The Morgan fingerprint density at radius 1 is 1.10 bits per heavy atom. The van der Waals surface area contributed by atoms with Gasteiger partial charge in [0.15, 0.2) is 0 Å². The highest BCUT2D eigenvalue weighted by atomic mass is 19.1. The summed E-state index contributed by atoms with van der Waals surface area (Å²) in [6.45, 7) is 2.44. The van der Waals surface area contributed by atoms with Crippen LogP contribution in [0.2, 0.25) is 0 Å². The molecular formula is C16H15FN2O. The van der Waals surface area contributed by atoms with E-state index in [1.54, 1.807) is 16.9 Å². The van der Waals surface area contributed by atoms with Crippen molar-refractivity contribution in [3.05, 3.63) is 65.7 Å². The van der Waals surface area contributed by atoms with Crippen molar-refractivity contribution < 1.29 is 9.23 Å². The van der Waals surface area contributed by atoms with Gasteiger partial charge in [-0.25, -0.2) is 9.37 Å². The Hall–Kier alpha value is -2.36. The zero-order chi connectivity index (χ0) is 13.9. The third-order valence-corrected chi connectivity index (χ3v) is 3.20. The van der Waals surface area contributed by atoms with Crippen molar-refractivity contribution in [2.45, 2.75) is 13.3 Å². The highest BCUT2D eigenvalue weighted by Crippen LogP contribution is 2.14. The van der Waals surface area contributed by atoms with E-state index in [9.17, 15) is 4.39 Å². The highest BCUT2D eigenvalue weighted by molar-refractivity contribution is 5.75. The number of hydrogen-bond acceptors (Lipinski definition) is 2. The molecular weight excluding hydrogens is 255 g/mol. The lowest BCUT2D eigenvalue weighted by molar-refractivity contribution is 0.117. The minimum absolute atomic E-state index is 0.217. The van der Waals surface area contributed by atoms with Crippen molar-refractivity contribution in [1.29, 1.82) is 0 Å². The maximum atomic E-state index is 12.8. The summed E-state index contributed by atoms with van der Waals surface area (Å²) in [7, 11) is 0. The molecule has 0 unspecified atom stereocenters. The number of nitrogens with zero attached hydrogens (tertiary/aromatic N) is 2. The molecule has 1 aromatic heterocycles. The molecule has 3 nitrogen and oxygen atoms in total. The molecule has 0 atom stereocenters. The Labute approximate surface area is 116 Å². The van der Waals surface area contributed by atoms with Gasteiger partial charge >= 0.3 is 0 Å². The molecule has 0 aliphatic rings. The molecule has 0 fully saturated rings. The number of imidazole rings is 1. The van der Waals surface area contributed by atoms with Crippen LogP contribution in [-0.4, -0.2) is 16.3 Å². The molecule has 0 N–H and O–H groups in total. The second-order valence-corrected chi connectivity index (χ2v) is 4.65. The molecule has 4 heteroatoms. The first-order valence-corrected chi connectivity index (χ1v) is 6.56. The molecule has 102 valence electrons. The van der Waals surface area contributed by atoms with Crippen molar-refractivity contribution in [3.8, 4) is 0 Å².